The van der Waals surface area contributed by atoms with Gasteiger partial charge >= 0.3 is 5.97 Å². The molecule has 0 aromatic heterocycles. The summed E-state index contributed by atoms with van der Waals surface area (Å²) in [5, 5.41) is 20.7. The number of thiocarbonyl (C=S) groups is 1. The van der Waals surface area contributed by atoms with Crippen molar-refractivity contribution in [3.8, 4) is 17.2 Å². The average Bonchev–Trinajstić information content (AvgIpc) is 2.90. The molecule has 2 aromatic carbocycles. The van der Waals surface area contributed by atoms with Crippen LogP contribution in [0.4, 0.5) is 0 Å². The fraction of sp³-hybridized carbons (Fsp3) is 0.286. The largest absolute Gasteiger partial charge is 0.504 e. The fourth-order valence-electron chi connectivity index (χ4n) is 3.95. The van der Waals surface area contributed by atoms with Crippen molar-refractivity contribution in [2.45, 2.75) is 33.2 Å². The highest BCUT2D eigenvalue weighted by molar-refractivity contribution is 7.80. The number of nitrogens with zero attached hydrogens (tertiary/aromatic N) is 1. The normalized spacial score (nSPS) is 14.8. The highest BCUT2D eigenvalue weighted by Crippen LogP contribution is 2.34. The molecule has 0 saturated heterocycles. The number of nitrogens with one attached hydrogen (secondary N) is 3. The van der Waals surface area contributed by atoms with Crippen molar-refractivity contribution in [1.82, 2.24) is 16.1 Å². The third kappa shape index (κ3) is 7.57. The van der Waals surface area contributed by atoms with Gasteiger partial charge in [0.2, 0.25) is 0 Å². The summed E-state index contributed by atoms with van der Waals surface area (Å²) in [7, 11) is 0. The average molecular weight is 553 g/mol. The van der Waals surface area contributed by atoms with E-state index in [2.05, 4.69) is 27.7 Å². The number of phenols is 1. The van der Waals surface area contributed by atoms with Gasteiger partial charge in [-0.15, -0.1) is 6.58 Å². The molecule has 1 amide bonds. The Hall–Kier alpha value is -4.38. The third-order valence-electron chi connectivity index (χ3n) is 5.60. The van der Waals surface area contributed by atoms with E-state index in [1.54, 1.807) is 56.3 Å². The predicted molar refractivity (Wildman–Crippen MR) is 152 cm³/mol. The van der Waals surface area contributed by atoms with Crippen LogP contribution in [0.1, 0.15) is 43.5 Å². The Bertz CT molecular complexity index is 1310. The van der Waals surface area contributed by atoms with Crippen LogP contribution < -0.4 is 25.5 Å². The van der Waals surface area contributed by atoms with E-state index in [0.29, 0.717) is 57.6 Å². The van der Waals surface area contributed by atoms with E-state index in [9.17, 15) is 14.7 Å². The number of aromatic hydroxyl groups is 1. The summed E-state index contributed by atoms with van der Waals surface area (Å²) in [5.41, 5.74) is 5.23. The summed E-state index contributed by atoms with van der Waals surface area (Å²) in [6.45, 7) is 9.26. The minimum Gasteiger partial charge on any atom is -0.504 e. The molecule has 2 aromatic rings. The Kier molecular flexibility index (Phi) is 10.4. The summed E-state index contributed by atoms with van der Waals surface area (Å²) >= 11 is 5.30. The van der Waals surface area contributed by atoms with Gasteiger partial charge in [0.15, 0.2) is 23.2 Å². The van der Waals surface area contributed by atoms with E-state index in [1.807, 2.05) is 6.92 Å². The molecule has 1 aliphatic rings. The first-order valence-electron chi connectivity index (χ1n) is 12.4. The topological polar surface area (TPSA) is 131 Å². The summed E-state index contributed by atoms with van der Waals surface area (Å²) < 4.78 is 16.5. The minimum atomic E-state index is -0.631. The van der Waals surface area contributed by atoms with Crippen LogP contribution in [0.5, 0.6) is 17.2 Å². The van der Waals surface area contributed by atoms with Crippen molar-refractivity contribution >= 4 is 35.4 Å². The minimum absolute atomic E-state index is 0.0464. The van der Waals surface area contributed by atoms with Crippen molar-refractivity contribution in [3.63, 3.8) is 0 Å². The number of carbonyl (C=O) groups excluding carboxylic acids is 2. The number of carbonyl (C=O) groups is 2. The van der Waals surface area contributed by atoms with Crippen molar-refractivity contribution in [1.29, 1.82) is 0 Å². The lowest BCUT2D eigenvalue weighted by molar-refractivity contribution is -0.139. The first-order chi connectivity index (χ1) is 18.8. The van der Waals surface area contributed by atoms with E-state index in [0.717, 1.165) is 0 Å². The number of allylic oxidation sites excluding steroid dienone is 2. The molecule has 206 valence electrons. The number of hydrazone groups is 1. The van der Waals surface area contributed by atoms with Crippen molar-refractivity contribution in [3.05, 3.63) is 77.0 Å². The number of rotatable bonds is 12. The van der Waals surface area contributed by atoms with Gasteiger partial charge in [0, 0.05) is 16.8 Å². The monoisotopic (exact) mass is 552 g/mol. The van der Waals surface area contributed by atoms with E-state index >= 15 is 0 Å². The molecule has 4 N–H and O–H groups in total. The number of hydrogen-bond acceptors (Lipinski definition) is 8. The third-order valence-corrected chi connectivity index (χ3v) is 5.82. The second-order valence-electron chi connectivity index (χ2n) is 8.36. The molecule has 1 atom stereocenters. The molecular weight excluding hydrogens is 520 g/mol. The molecule has 10 nitrogen and oxygen atoms in total. The molecule has 3 rings (SSSR count). The molecule has 0 fully saturated rings. The summed E-state index contributed by atoms with van der Waals surface area (Å²) in [6.07, 6.45) is 3.55. The van der Waals surface area contributed by atoms with Crippen molar-refractivity contribution < 1.29 is 28.9 Å². The van der Waals surface area contributed by atoms with E-state index in [1.165, 1.54) is 6.21 Å². The van der Waals surface area contributed by atoms with Gasteiger partial charge in [-0.1, -0.05) is 24.3 Å². The molecule has 1 heterocycles. The second kappa shape index (κ2) is 14.0. The maximum atomic E-state index is 12.7. The van der Waals surface area contributed by atoms with Crippen LogP contribution in [-0.4, -0.2) is 48.1 Å². The van der Waals surface area contributed by atoms with Crippen LogP contribution >= 0.6 is 12.2 Å². The molecule has 0 unspecified atom stereocenters. The van der Waals surface area contributed by atoms with Gasteiger partial charge in [0.1, 0.15) is 5.75 Å². The molecular formula is C28H32N4O6S. The Morgan fingerprint density at radius 3 is 2.67 bits per heavy atom. The van der Waals surface area contributed by atoms with Gasteiger partial charge < -0.3 is 30.0 Å². The Balaban J connectivity index is 1.72. The maximum absolute atomic E-state index is 12.7. The molecule has 0 saturated carbocycles. The van der Waals surface area contributed by atoms with E-state index in [4.69, 9.17) is 26.4 Å². The SMILES string of the molecule is C=CCc1cc(C=NNC(=O)COc2ccccc2[C@@H]2NC(=S)NC(C)=C2C(=O)OCC)cc(OCC)c1O. The smallest absolute Gasteiger partial charge is 0.338 e. The number of amides is 1. The van der Waals surface area contributed by atoms with Crippen LogP contribution in [0.3, 0.4) is 0 Å². The number of esters is 1. The highest BCUT2D eigenvalue weighted by Gasteiger charge is 2.32. The zero-order valence-corrected chi connectivity index (χ0v) is 22.9. The Morgan fingerprint density at radius 1 is 1.18 bits per heavy atom. The van der Waals surface area contributed by atoms with Crippen molar-refractivity contribution in [2.24, 2.45) is 5.10 Å². The molecule has 39 heavy (non-hydrogen) atoms. The second-order valence-corrected chi connectivity index (χ2v) is 8.77. The lowest BCUT2D eigenvalue weighted by Gasteiger charge is -2.30. The standard InChI is InChI=1S/C28H32N4O6S/c1-5-10-19-13-18(14-22(26(19)34)36-6-2)15-29-32-23(33)16-38-21-12-9-8-11-20(21)25-24(27(35)37-7-3)17(4)30-28(39)31-25/h5,8-9,11-15,25,34H,1,6-7,10,16H2,2-4H3,(H,32,33)(H2,30,31,39)/t25-/m0/s1. The molecule has 1 aliphatic heterocycles. The van der Waals surface area contributed by atoms with Gasteiger partial charge in [0.05, 0.1) is 31.0 Å². The molecule has 0 radical (unpaired) electrons. The van der Waals surface area contributed by atoms with Crippen LogP contribution in [0, 0.1) is 0 Å². The quantitative estimate of drug-likeness (QED) is 0.103. The van der Waals surface area contributed by atoms with E-state index < -0.39 is 17.9 Å². The molecule has 0 spiro atoms. The van der Waals surface area contributed by atoms with E-state index in [-0.39, 0.29) is 19.0 Å². The summed E-state index contributed by atoms with van der Waals surface area (Å²) in [5.74, 6) is -0.223. The van der Waals surface area contributed by atoms with Gasteiger partial charge in [-0.3, -0.25) is 4.79 Å². The Labute approximate surface area is 232 Å². The number of para-hydroxylation sites is 1. The van der Waals surface area contributed by atoms with Gasteiger partial charge in [-0.05, 0) is 63.2 Å². The predicted octanol–water partition coefficient (Wildman–Crippen LogP) is 3.40. The zero-order chi connectivity index (χ0) is 28.4. The lowest BCUT2D eigenvalue weighted by atomic mass is 9.95. The Morgan fingerprint density at radius 2 is 1.95 bits per heavy atom. The first kappa shape index (κ1) is 29.2. The summed E-state index contributed by atoms with van der Waals surface area (Å²) in [6, 6.07) is 9.77. The van der Waals surface area contributed by atoms with Gasteiger partial charge in [-0.2, -0.15) is 5.10 Å². The lowest BCUT2D eigenvalue weighted by Crippen LogP contribution is -2.45. The highest BCUT2D eigenvalue weighted by atomic mass is 32.1. The van der Waals surface area contributed by atoms with Crippen LogP contribution in [-0.2, 0) is 20.7 Å². The maximum Gasteiger partial charge on any atom is 0.338 e. The van der Waals surface area contributed by atoms with Gasteiger partial charge in [-0.25, -0.2) is 10.2 Å². The number of ether oxygens (including phenoxy) is 3. The van der Waals surface area contributed by atoms with Crippen molar-refractivity contribution in [2.75, 3.05) is 19.8 Å². The fourth-order valence-corrected chi connectivity index (χ4v) is 4.22. The molecule has 11 heteroatoms. The van der Waals surface area contributed by atoms with Crippen LogP contribution in [0.2, 0.25) is 0 Å². The van der Waals surface area contributed by atoms with Gasteiger partial charge in [0.25, 0.3) is 5.91 Å². The van der Waals surface area contributed by atoms with Crippen LogP contribution in [0.15, 0.2) is 65.4 Å². The number of phenolic OH excluding ortho intramolecular Hbond substituents is 1. The number of hydrogen-bond donors (Lipinski definition) is 4. The zero-order valence-electron chi connectivity index (χ0n) is 22.1. The molecule has 0 bridgehead atoms. The summed E-state index contributed by atoms with van der Waals surface area (Å²) in [4.78, 5) is 25.2. The number of benzene rings is 2. The first-order valence-corrected chi connectivity index (χ1v) is 12.8. The van der Waals surface area contributed by atoms with Crippen LogP contribution in [0.25, 0.3) is 0 Å². The molecule has 0 aliphatic carbocycles.